The van der Waals surface area contributed by atoms with E-state index in [2.05, 4.69) is 5.32 Å². The first kappa shape index (κ1) is 13.2. The van der Waals surface area contributed by atoms with Crippen LogP contribution in [-0.2, 0) is 9.59 Å². The van der Waals surface area contributed by atoms with Crippen molar-refractivity contribution in [1.82, 2.24) is 5.32 Å². The highest BCUT2D eigenvalue weighted by Gasteiger charge is 1.98. The lowest BCUT2D eigenvalue weighted by molar-refractivity contribution is -0.137. The minimum absolute atomic E-state index is 0.239. The highest BCUT2D eigenvalue weighted by molar-refractivity contribution is 5.80. The van der Waals surface area contributed by atoms with Crippen LogP contribution in [0.15, 0.2) is 36.4 Å². The van der Waals surface area contributed by atoms with Crippen LogP contribution in [0.1, 0.15) is 13.3 Å². The molecular formula is C11H15NO3. The first-order valence-corrected chi connectivity index (χ1v) is 4.65. The average molecular weight is 209 g/mol. The maximum atomic E-state index is 10.3. The van der Waals surface area contributed by atoms with Crippen molar-refractivity contribution in [1.29, 1.82) is 0 Å². The fourth-order valence-corrected chi connectivity index (χ4v) is 0.684. The van der Waals surface area contributed by atoms with E-state index in [-0.39, 0.29) is 12.5 Å². The number of aliphatic carboxylic acids is 1. The van der Waals surface area contributed by atoms with Gasteiger partial charge < -0.3 is 10.4 Å². The molecular weight excluding hydrogens is 194 g/mol. The van der Waals surface area contributed by atoms with Gasteiger partial charge in [-0.15, -0.1) is 0 Å². The number of hydrogen-bond acceptors (Lipinski definition) is 2. The van der Waals surface area contributed by atoms with E-state index in [9.17, 15) is 9.59 Å². The summed E-state index contributed by atoms with van der Waals surface area (Å²) >= 11 is 0. The van der Waals surface area contributed by atoms with Gasteiger partial charge in [0.25, 0.3) is 0 Å². The van der Waals surface area contributed by atoms with Gasteiger partial charge in [0.1, 0.15) is 6.54 Å². The summed E-state index contributed by atoms with van der Waals surface area (Å²) in [5.41, 5.74) is 0. The quantitative estimate of drug-likeness (QED) is 0.788. The second kappa shape index (κ2) is 8.74. The molecule has 82 valence electrons. The summed E-state index contributed by atoms with van der Waals surface area (Å²) in [7, 11) is 0. The molecule has 1 rings (SSSR count). The SMILES string of the molecule is CCC(=O)NCC(=O)O.c1ccccc1. The Morgan fingerprint density at radius 1 is 1.07 bits per heavy atom. The van der Waals surface area contributed by atoms with E-state index < -0.39 is 5.97 Å². The number of carboxylic acids is 1. The van der Waals surface area contributed by atoms with Crippen molar-refractivity contribution in [2.75, 3.05) is 6.54 Å². The molecule has 0 unspecified atom stereocenters. The Morgan fingerprint density at radius 3 is 1.73 bits per heavy atom. The standard InChI is InChI=1S/C6H6.C5H9NO3/c1-2-4-6-5-3-1;1-2-4(7)6-3-5(8)9/h1-6H;2-3H2,1H3,(H,6,7)(H,8,9). The van der Waals surface area contributed by atoms with Gasteiger partial charge in [0, 0.05) is 6.42 Å². The van der Waals surface area contributed by atoms with E-state index in [1.807, 2.05) is 36.4 Å². The van der Waals surface area contributed by atoms with E-state index in [4.69, 9.17) is 5.11 Å². The maximum absolute atomic E-state index is 10.3. The van der Waals surface area contributed by atoms with Gasteiger partial charge in [0.05, 0.1) is 0 Å². The largest absolute Gasteiger partial charge is 0.480 e. The Labute approximate surface area is 88.9 Å². The van der Waals surface area contributed by atoms with E-state index >= 15 is 0 Å². The van der Waals surface area contributed by atoms with Gasteiger partial charge in [-0.05, 0) is 0 Å². The molecule has 0 radical (unpaired) electrons. The van der Waals surface area contributed by atoms with Crippen LogP contribution in [0.4, 0.5) is 0 Å². The van der Waals surface area contributed by atoms with Crippen LogP contribution < -0.4 is 5.32 Å². The van der Waals surface area contributed by atoms with E-state index in [0.29, 0.717) is 6.42 Å². The Hall–Kier alpha value is -1.84. The van der Waals surface area contributed by atoms with Crippen LogP contribution in [-0.4, -0.2) is 23.5 Å². The van der Waals surface area contributed by atoms with Crippen molar-refractivity contribution >= 4 is 11.9 Å². The fourth-order valence-electron chi connectivity index (χ4n) is 0.684. The molecule has 4 nitrogen and oxygen atoms in total. The minimum atomic E-state index is -1.02. The highest BCUT2D eigenvalue weighted by Crippen LogP contribution is 1.79. The van der Waals surface area contributed by atoms with Crippen molar-refractivity contribution in [3.8, 4) is 0 Å². The van der Waals surface area contributed by atoms with E-state index in [0.717, 1.165) is 0 Å². The molecule has 0 saturated heterocycles. The topological polar surface area (TPSA) is 66.4 Å². The maximum Gasteiger partial charge on any atom is 0.322 e. The van der Waals surface area contributed by atoms with Crippen molar-refractivity contribution in [3.05, 3.63) is 36.4 Å². The van der Waals surface area contributed by atoms with Gasteiger partial charge in [-0.1, -0.05) is 43.3 Å². The Morgan fingerprint density at radius 2 is 1.47 bits per heavy atom. The predicted molar refractivity (Wildman–Crippen MR) is 57.4 cm³/mol. The molecule has 0 heterocycles. The van der Waals surface area contributed by atoms with Crippen LogP contribution in [0.5, 0.6) is 0 Å². The molecule has 0 aliphatic heterocycles. The van der Waals surface area contributed by atoms with Crippen molar-refractivity contribution in [2.45, 2.75) is 13.3 Å². The summed E-state index contributed by atoms with van der Waals surface area (Å²) in [6.07, 6.45) is 0.327. The second-order valence-electron chi connectivity index (χ2n) is 2.68. The van der Waals surface area contributed by atoms with Crippen LogP contribution in [0.3, 0.4) is 0 Å². The summed E-state index contributed by atoms with van der Waals surface area (Å²) in [5, 5.41) is 10.2. The van der Waals surface area contributed by atoms with Crippen molar-refractivity contribution in [2.24, 2.45) is 0 Å². The van der Waals surface area contributed by atoms with Crippen LogP contribution in [0.25, 0.3) is 0 Å². The van der Waals surface area contributed by atoms with E-state index in [1.54, 1.807) is 6.92 Å². The van der Waals surface area contributed by atoms with Gasteiger partial charge in [0.2, 0.25) is 5.91 Å². The number of amides is 1. The molecule has 0 spiro atoms. The molecule has 0 aliphatic rings. The molecule has 15 heavy (non-hydrogen) atoms. The summed E-state index contributed by atoms with van der Waals surface area (Å²) in [5.74, 6) is -1.26. The van der Waals surface area contributed by atoms with Crippen LogP contribution in [0, 0.1) is 0 Å². The first-order chi connectivity index (χ1) is 7.16. The summed E-state index contributed by atoms with van der Waals surface area (Å²) in [4.78, 5) is 20.1. The molecule has 0 fully saturated rings. The molecule has 4 heteroatoms. The van der Waals surface area contributed by atoms with Crippen molar-refractivity contribution < 1.29 is 14.7 Å². The Bertz CT molecular complexity index is 258. The van der Waals surface area contributed by atoms with Crippen LogP contribution in [0.2, 0.25) is 0 Å². The van der Waals surface area contributed by atoms with Gasteiger partial charge in [-0.2, -0.15) is 0 Å². The Balaban J connectivity index is 0.000000280. The van der Waals surface area contributed by atoms with Crippen molar-refractivity contribution in [3.63, 3.8) is 0 Å². The minimum Gasteiger partial charge on any atom is -0.480 e. The molecule has 0 saturated carbocycles. The third kappa shape index (κ3) is 10.1. The normalized spacial score (nSPS) is 8.33. The van der Waals surface area contributed by atoms with Gasteiger partial charge >= 0.3 is 5.97 Å². The Kier molecular flexibility index (Phi) is 7.67. The zero-order chi connectivity index (χ0) is 11.5. The van der Waals surface area contributed by atoms with E-state index in [1.165, 1.54) is 0 Å². The number of nitrogens with one attached hydrogen (secondary N) is 1. The molecule has 0 bridgehead atoms. The smallest absolute Gasteiger partial charge is 0.322 e. The van der Waals surface area contributed by atoms with Gasteiger partial charge in [-0.25, -0.2) is 0 Å². The van der Waals surface area contributed by atoms with Gasteiger partial charge in [0.15, 0.2) is 0 Å². The highest BCUT2D eigenvalue weighted by atomic mass is 16.4. The molecule has 2 N–H and O–H groups in total. The zero-order valence-electron chi connectivity index (χ0n) is 8.64. The lowest BCUT2D eigenvalue weighted by Gasteiger charge is -1.95. The molecule has 1 amide bonds. The predicted octanol–water partition coefficient (Wildman–Crippen LogP) is 1.28. The molecule has 1 aromatic rings. The first-order valence-electron chi connectivity index (χ1n) is 4.65. The number of rotatable bonds is 3. The number of carboxylic acid groups (broad SMARTS) is 1. The van der Waals surface area contributed by atoms with Crippen LogP contribution >= 0.6 is 0 Å². The second-order valence-corrected chi connectivity index (χ2v) is 2.68. The monoisotopic (exact) mass is 209 g/mol. The lowest BCUT2D eigenvalue weighted by atomic mass is 10.4. The third-order valence-electron chi connectivity index (χ3n) is 1.42. The molecule has 0 aliphatic carbocycles. The third-order valence-corrected chi connectivity index (χ3v) is 1.42. The summed E-state index contributed by atoms with van der Waals surface area (Å²) in [6, 6.07) is 12.0. The number of carbonyl (C=O) groups is 2. The molecule has 0 aromatic heterocycles. The zero-order valence-corrected chi connectivity index (χ0v) is 8.64. The van der Waals surface area contributed by atoms with Gasteiger partial charge in [-0.3, -0.25) is 9.59 Å². The summed E-state index contributed by atoms with van der Waals surface area (Å²) in [6.45, 7) is 1.38. The number of carbonyl (C=O) groups excluding carboxylic acids is 1. The lowest BCUT2D eigenvalue weighted by Crippen LogP contribution is -2.28. The molecule has 0 atom stereocenters. The fraction of sp³-hybridized carbons (Fsp3) is 0.273. The summed E-state index contributed by atoms with van der Waals surface area (Å²) < 4.78 is 0. The number of benzene rings is 1. The number of hydrogen-bond donors (Lipinski definition) is 2. The average Bonchev–Trinajstić information content (AvgIpc) is 2.29. The molecule has 1 aromatic carbocycles.